The first-order valence-electron chi connectivity index (χ1n) is 2.51. The van der Waals surface area contributed by atoms with Gasteiger partial charge in [-0.15, -0.1) is 5.10 Å². The molecule has 0 aliphatic carbocycles. The molecule has 0 atom stereocenters. The van der Waals surface area contributed by atoms with Crippen molar-refractivity contribution in [3.63, 3.8) is 0 Å². The van der Waals surface area contributed by atoms with Crippen molar-refractivity contribution < 1.29 is 4.79 Å². The van der Waals surface area contributed by atoms with E-state index in [0.29, 0.717) is 5.82 Å². The maximum Gasteiger partial charge on any atom is 0.148 e. The summed E-state index contributed by atoms with van der Waals surface area (Å²) in [6.45, 7) is 1.97. The van der Waals surface area contributed by atoms with Gasteiger partial charge < -0.3 is 4.79 Å². The van der Waals surface area contributed by atoms with Crippen LogP contribution in [0.15, 0.2) is 0 Å². The maximum absolute atomic E-state index is 9.91. The number of aldehydes is 1. The Kier molecular flexibility index (Phi) is 1.53. The Morgan fingerprint density at radius 1 is 1.78 bits per heavy atom. The van der Waals surface area contributed by atoms with Crippen LogP contribution in [0.5, 0.6) is 0 Å². The Bertz CT molecular complexity index is 206. The fraction of sp³-hybridized carbons (Fsp3) is 0.500. The van der Waals surface area contributed by atoms with E-state index in [0.717, 1.165) is 6.29 Å². The molecule has 0 aliphatic heterocycles. The topological polar surface area (TPSA) is 60.7 Å². The Balaban J connectivity index is 2.80. The van der Waals surface area contributed by atoms with E-state index in [1.165, 1.54) is 4.68 Å². The fourth-order valence-corrected chi connectivity index (χ4v) is 0.489. The first kappa shape index (κ1) is 5.87. The van der Waals surface area contributed by atoms with Gasteiger partial charge in [0.25, 0.3) is 0 Å². The van der Waals surface area contributed by atoms with Crippen molar-refractivity contribution in [3.8, 4) is 0 Å². The van der Waals surface area contributed by atoms with E-state index in [4.69, 9.17) is 0 Å². The van der Waals surface area contributed by atoms with Crippen LogP contribution in [0.3, 0.4) is 0 Å². The molecule has 1 aromatic rings. The number of carbonyl (C=O) groups excluding carboxylic acids is 1. The summed E-state index contributed by atoms with van der Waals surface area (Å²) in [6.07, 6.45) is 0.753. The first-order valence-corrected chi connectivity index (χ1v) is 2.51. The Hall–Kier alpha value is -1.26. The third-order valence-corrected chi connectivity index (χ3v) is 0.958. The molecule has 0 unspecified atom stereocenters. The van der Waals surface area contributed by atoms with Crippen molar-refractivity contribution in [2.75, 3.05) is 0 Å². The lowest BCUT2D eigenvalue weighted by molar-refractivity contribution is -0.108. The molecule has 5 nitrogen and oxygen atoms in total. The highest BCUT2D eigenvalue weighted by molar-refractivity contribution is 5.48. The number of hydrogen-bond acceptors (Lipinski definition) is 4. The van der Waals surface area contributed by atoms with Crippen molar-refractivity contribution in [2.45, 2.75) is 13.5 Å². The van der Waals surface area contributed by atoms with Gasteiger partial charge in [-0.3, -0.25) is 0 Å². The Morgan fingerprint density at radius 2 is 2.56 bits per heavy atom. The number of nitrogens with zero attached hydrogens (tertiary/aromatic N) is 4. The average Bonchev–Trinajstić information content (AvgIpc) is 2.18. The van der Waals surface area contributed by atoms with E-state index >= 15 is 0 Å². The summed E-state index contributed by atoms with van der Waals surface area (Å²) in [5.41, 5.74) is 0. The standard InChI is InChI=1S/C4H6N4O/c1-4-5-6-7-8(4)2-3-9/h3H,2H2,1H3. The molecular weight excluding hydrogens is 120 g/mol. The summed E-state index contributed by atoms with van der Waals surface area (Å²) in [4.78, 5) is 9.91. The summed E-state index contributed by atoms with van der Waals surface area (Å²) < 4.78 is 1.42. The van der Waals surface area contributed by atoms with Crippen LogP contribution in [-0.4, -0.2) is 26.5 Å². The number of aryl methyl sites for hydroxylation is 1. The molecule has 5 heteroatoms. The molecule has 0 bridgehead atoms. The number of hydrogen-bond donors (Lipinski definition) is 0. The summed E-state index contributed by atoms with van der Waals surface area (Å²) in [5, 5.41) is 10.5. The molecular formula is C4H6N4O. The van der Waals surface area contributed by atoms with Crippen LogP contribution in [0, 0.1) is 6.92 Å². The molecule has 0 aliphatic rings. The van der Waals surface area contributed by atoms with Gasteiger partial charge in [0.05, 0.1) is 0 Å². The normalized spacial score (nSPS) is 9.44. The van der Waals surface area contributed by atoms with Gasteiger partial charge in [-0.2, -0.15) is 0 Å². The van der Waals surface area contributed by atoms with E-state index in [1.54, 1.807) is 6.92 Å². The van der Waals surface area contributed by atoms with Crippen LogP contribution in [0.4, 0.5) is 0 Å². The van der Waals surface area contributed by atoms with Crippen molar-refractivity contribution in [1.29, 1.82) is 0 Å². The smallest absolute Gasteiger partial charge is 0.148 e. The van der Waals surface area contributed by atoms with Crippen LogP contribution in [-0.2, 0) is 11.3 Å². The first-order chi connectivity index (χ1) is 4.34. The summed E-state index contributed by atoms with van der Waals surface area (Å²) in [7, 11) is 0. The van der Waals surface area contributed by atoms with Gasteiger partial charge in [-0.25, -0.2) is 4.68 Å². The van der Waals surface area contributed by atoms with Crippen molar-refractivity contribution >= 4 is 6.29 Å². The van der Waals surface area contributed by atoms with Crippen molar-refractivity contribution in [2.24, 2.45) is 0 Å². The van der Waals surface area contributed by atoms with Gasteiger partial charge in [0, 0.05) is 0 Å². The minimum Gasteiger partial charge on any atom is -0.301 e. The lowest BCUT2D eigenvalue weighted by Crippen LogP contribution is -2.02. The summed E-state index contributed by atoms with van der Waals surface area (Å²) in [5.74, 6) is 0.655. The van der Waals surface area contributed by atoms with E-state index < -0.39 is 0 Å². The third-order valence-electron chi connectivity index (χ3n) is 0.958. The SMILES string of the molecule is Cc1nnnn1CC=O. The molecule has 9 heavy (non-hydrogen) atoms. The van der Waals surface area contributed by atoms with Crippen LogP contribution in [0.2, 0.25) is 0 Å². The quantitative estimate of drug-likeness (QED) is 0.486. The van der Waals surface area contributed by atoms with Gasteiger partial charge in [0.2, 0.25) is 0 Å². The van der Waals surface area contributed by atoms with E-state index in [2.05, 4.69) is 15.5 Å². The van der Waals surface area contributed by atoms with Gasteiger partial charge in [0.15, 0.2) is 0 Å². The molecule has 0 saturated carbocycles. The third kappa shape index (κ3) is 1.10. The van der Waals surface area contributed by atoms with E-state index in [-0.39, 0.29) is 6.54 Å². The molecule has 1 heterocycles. The van der Waals surface area contributed by atoms with Crippen LogP contribution in [0.25, 0.3) is 0 Å². The Labute approximate surface area is 51.7 Å². The molecule has 0 fully saturated rings. The highest BCUT2D eigenvalue weighted by Gasteiger charge is 1.95. The molecule has 0 spiro atoms. The van der Waals surface area contributed by atoms with Crippen molar-refractivity contribution in [3.05, 3.63) is 5.82 Å². The molecule has 0 radical (unpaired) electrons. The number of rotatable bonds is 2. The largest absolute Gasteiger partial charge is 0.301 e. The zero-order chi connectivity index (χ0) is 6.69. The summed E-state index contributed by atoms with van der Waals surface area (Å²) >= 11 is 0. The molecule has 1 aromatic heterocycles. The minimum absolute atomic E-state index is 0.235. The second-order valence-corrected chi connectivity index (χ2v) is 1.57. The zero-order valence-corrected chi connectivity index (χ0v) is 4.98. The Morgan fingerprint density at radius 3 is 3.00 bits per heavy atom. The predicted octanol–water partition coefficient (Wildman–Crippen LogP) is -0.820. The second kappa shape index (κ2) is 2.34. The molecule has 48 valence electrons. The van der Waals surface area contributed by atoms with Crippen molar-refractivity contribution in [1.82, 2.24) is 20.2 Å². The fourth-order valence-electron chi connectivity index (χ4n) is 0.489. The van der Waals surface area contributed by atoms with Gasteiger partial charge in [-0.05, 0) is 17.4 Å². The van der Waals surface area contributed by atoms with Crippen LogP contribution in [0.1, 0.15) is 5.82 Å². The molecule has 0 saturated heterocycles. The van der Waals surface area contributed by atoms with Gasteiger partial charge in [-0.1, -0.05) is 0 Å². The van der Waals surface area contributed by atoms with E-state index in [1.807, 2.05) is 0 Å². The molecule has 0 N–H and O–H groups in total. The van der Waals surface area contributed by atoms with Gasteiger partial charge in [0.1, 0.15) is 18.7 Å². The van der Waals surface area contributed by atoms with Gasteiger partial charge >= 0.3 is 0 Å². The van der Waals surface area contributed by atoms with Crippen LogP contribution < -0.4 is 0 Å². The monoisotopic (exact) mass is 126 g/mol. The van der Waals surface area contributed by atoms with Crippen LogP contribution >= 0.6 is 0 Å². The lowest BCUT2D eigenvalue weighted by atomic mass is 10.6. The minimum atomic E-state index is 0.235. The summed E-state index contributed by atoms with van der Waals surface area (Å²) in [6, 6.07) is 0. The number of aromatic nitrogens is 4. The zero-order valence-electron chi connectivity index (χ0n) is 4.98. The number of carbonyl (C=O) groups is 1. The predicted molar refractivity (Wildman–Crippen MR) is 28.6 cm³/mol. The second-order valence-electron chi connectivity index (χ2n) is 1.57. The molecule has 0 aromatic carbocycles. The highest BCUT2D eigenvalue weighted by atomic mass is 16.1. The highest BCUT2D eigenvalue weighted by Crippen LogP contribution is 1.83. The lowest BCUT2D eigenvalue weighted by Gasteiger charge is -1.89. The molecule has 0 amide bonds. The maximum atomic E-state index is 9.91. The van der Waals surface area contributed by atoms with E-state index in [9.17, 15) is 4.79 Å². The number of tetrazole rings is 1. The molecule has 1 rings (SSSR count). The average molecular weight is 126 g/mol.